The van der Waals surface area contributed by atoms with Crippen LogP contribution in [0.25, 0.3) is 0 Å². The van der Waals surface area contributed by atoms with Gasteiger partial charge in [-0.2, -0.15) is 0 Å². The molecule has 1 fully saturated rings. The lowest BCUT2D eigenvalue weighted by atomic mass is 9.91. The van der Waals surface area contributed by atoms with Crippen LogP contribution in [0.2, 0.25) is 5.02 Å². The van der Waals surface area contributed by atoms with E-state index in [2.05, 4.69) is 0 Å². The van der Waals surface area contributed by atoms with Gasteiger partial charge in [-0.1, -0.05) is 29.8 Å². The van der Waals surface area contributed by atoms with Crippen LogP contribution in [-0.4, -0.2) is 29.1 Å². The number of piperidine rings is 1. The lowest BCUT2D eigenvalue weighted by molar-refractivity contribution is -0.143. The maximum atomic E-state index is 14.5. The summed E-state index contributed by atoms with van der Waals surface area (Å²) in [7, 11) is 0. The lowest BCUT2D eigenvalue weighted by Gasteiger charge is -2.37. The zero-order valence-electron chi connectivity index (χ0n) is 13.5. The van der Waals surface area contributed by atoms with Crippen LogP contribution in [-0.2, 0) is 4.79 Å². The topological polar surface area (TPSA) is 40.5 Å². The van der Waals surface area contributed by atoms with E-state index >= 15 is 0 Å². The summed E-state index contributed by atoms with van der Waals surface area (Å²) in [6.45, 7) is 1.04. The van der Waals surface area contributed by atoms with Crippen molar-refractivity contribution in [2.24, 2.45) is 5.92 Å². The van der Waals surface area contributed by atoms with Gasteiger partial charge < -0.3 is 5.11 Å². The van der Waals surface area contributed by atoms with E-state index in [1.165, 1.54) is 12.1 Å². The van der Waals surface area contributed by atoms with E-state index in [-0.39, 0.29) is 5.92 Å². The normalized spacial score (nSPS) is 17.4. The average molecular weight is 366 g/mol. The summed E-state index contributed by atoms with van der Waals surface area (Å²) in [6.07, 6.45) is 0.991. The second kappa shape index (κ2) is 7.50. The first-order chi connectivity index (χ1) is 12.0. The molecule has 0 amide bonds. The summed E-state index contributed by atoms with van der Waals surface area (Å²) in [6, 6.07) is 10.3. The molecule has 1 atom stereocenters. The van der Waals surface area contributed by atoms with E-state index in [9.17, 15) is 18.7 Å². The van der Waals surface area contributed by atoms with Gasteiger partial charge in [0.1, 0.15) is 11.6 Å². The van der Waals surface area contributed by atoms with Crippen molar-refractivity contribution in [2.75, 3.05) is 13.1 Å². The largest absolute Gasteiger partial charge is 0.481 e. The number of hydrogen-bond acceptors (Lipinski definition) is 2. The number of carbonyl (C=O) groups is 1. The molecular formula is C19H18ClF2NO2. The second-order valence-corrected chi connectivity index (χ2v) is 6.71. The maximum Gasteiger partial charge on any atom is 0.306 e. The van der Waals surface area contributed by atoms with Crippen LogP contribution < -0.4 is 0 Å². The van der Waals surface area contributed by atoms with Gasteiger partial charge in [-0.15, -0.1) is 0 Å². The van der Waals surface area contributed by atoms with E-state index in [1.54, 1.807) is 18.2 Å². The molecular weight excluding hydrogens is 348 g/mol. The lowest BCUT2D eigenvalue weighted by Crippen LogP contribution is -2.39. The van der Waals surface area contributed by atoms with Gasteiger partial charge in [-0.05, 0) is 49.7 Å². The highest BCUT2D eigenvalue weighted by molar-refractivity contribution is 6.30. The minimum atomic E-state index is -0.799. The SMILES string of the molecule is O=C(O)C1CCN(C(c2cccc(Cl)c2)c2ccc(F)cc2F)CC1. The Labute approximate surface area is 149 Å². The molecule has 0 aromatic heterocycles. The Bertz CT molecular complexity index is 776. The number of rotatable bonds is 4. The number of likely N-dealkylation sites (tertiary alicyclic amines) is 1. The number of carboxylic acids is 1. The molecule has 2 aromatic carbocycles. The fourth-order valence-electron chi connectivity index (χ4n) is 3.39. The van der Waals surface area contributed by atoms with Crippen LogP contribution in [0.1, 0.15) is 30.0 Å². The number of hydrogen-bond donors (Lipinski definition) is 1. The van der Waals surface area contributed by atoms with Crippen molar-refractivity contribution in [1.29, 1.82) is 0 Å². The summed E-state index contributed by atoms with van der Waals surface area (Å²) in [5.41, 5.74) is 1.16. The van der Waals surface area contributed by atoms with E-state index in [0.29, 0.717) is 36.5 Å². The molecule has 6 heteroatoms. The van der Waals surface area contributed by atoms with Crippen LogP contribution in [0.15, 0.2) is 42.5 Å². The average Bonchev–Trinajstić information content (AvgIpc) is 2.58. The molecule has 1 aliphatic heterocycles. The first-order valence-electron chi connectivity index (χ1n) is 8.13. The van der Waals surface area contributed by atoms with Crippen molar-refractivity contribution in [3.63, 3.8) is 0 Å². The number of carboxylic acid groups (broad SMARTS) is 1. The van der Waals surface area contributed by atoms with Gasteiger partial charge >= 0.3 is 5.97 Å². The fraction of sp³-hybridized carbons (Fsp3) is 0.316. The molecule has 3 nitrogen and oxygen atoms in total. The highest BCUT2D eigenvalue weighted by Gasteiger charge is 2.31. The Kier molecular flexibility index (Phi) is 5.35. The summed E-state index contributed by atoms with van der Waals surface area (Å²) < 4.78 is 27.8. The zero-order chi connectivity index (χ0) is 18.0. The molecule has 25 heavy (non-hydrogen) atoms. The molecule has 0 bridgehead atoms. The van der Waals surface area contributed by atoms with Gasteiger partial charge in [0, 0.05) is 16.7 Å². The van der Waals surface area contributed by atoms with Gasteiger partial charge in [0.25, 0.3) is 0 Å². The molecule has 1 aliphatic rings. The molecule has 0 aliphatic carbocycles. The van der Waals surface area contributed by atoms with Gasteiger partial charge in [0.15, 0.2) is 0 Å². The van der Waals surface area contributed by atoms with E-state index in [0.717, 1.165) is 11.6 Å². The first-order valence-corrected chi connectivity index (χ1v) is 8.51. The van der Waals surface area contributed by atoms with Crippen molar-refractivity contribution in [3.8, 4) is 0 Å². The summed E-state index contributed by atoms with van der Waals surface area (Å²) in [5, 5.41) is 9.70. The Hall–Kier alpha value is -1.98. The third-order valence-corrected chi connectivity index (χ3v) is 4.90. The first kappa shape index (κ1) is 17.8. The maximum absolute atomic E-state index is 14.5. The summed E-state index contributed by atoms with van der Waals surface area (Å²) >= 11 is 6.10. The highest BCUT2D eigenvalue weighted by Crippen LogP contribution is 2.35. The number of nitrogens with zero attached hydrogens (tertiary/aromatic N) is 1. The third kappa shape index (κ3) is 3.99. The third-order valence-electron chi connectivity index (χ3n) is 4.67. The molecule has 132 valence electrons. The molecule has 1 heterocycles. The van der Waals surface area contributed by atoms with Crippen molar-refractivity contribution in [3.05, 3.63) is 70.2 Å². The Morgan fingerprint density at radius 3 is 2.48 bits per heavy atom. The smallest absolute Gasteiger partial charge is 0.306 e. The molecule has 0 saturated carbocycles. The van der Waals surface area contributed by atoms with E-state index in [4.69, 9.17) is 11.6 Å². The Morgan fingerprint density at radius 1 is 1.16 bits per heavy atom. The van der Waals surface area contributed by atoms with Crippen LogP contribution in [0, 0.1) is 17.6 Å². The van der Waals surface area contributed by atoms with E-state index in [1.807, 2.05) is 11.0 Å². The van der Waals surface area contributed by atoms with Crippen molar-refractivity contribution in [2.45, 2.75) is 18.9 Å². The molecule has 2 aromatic rings. The molecule has 1 N–H and O–H groups in total. The van der Waals surface area contributed by atoms with Crippen LogP contribution in [0.4, 0.5) is 8.78 Å². The molecule has 1 unspecified atom stereocenters. The van der Waals surface area contributed by atoms with Crippen LogP contribution in [0.3, 0.4) is 0 Å². The van der Waals surface area contributed by atoms with Crippen LogP contribution >= 0.6 is 11.6 Å². The molecule has 0 radical (unpaired) electrons. The Balaban J connectivity index is 1.97. The second-order valence-electron chi connectivity index (χ2n) is 6.27. The highest BCUT2D eigenvalue weighted by atomic mass is 35.5. The standard InChI is InChI=1S/C19H18ClF2NO2/c20-14-3-1-2-13(10-14)18(16-5-4-15(21)11-17(16)22)23-8-6-12(7-9-23)19(24)25/h1-5,10-12,18H,6-9H2,(H,24,25). The van der Waals surface area contributed by atoms with Crippen molar-refractivity contribution < 1.29 is 18.7 Å². The Morgan fingerprint density at radius 2 is 1.88 bits per heavy atom. The van der Waals surface area contributed by atoms with E-state index < -0.39 is 23.6 Å². The molecule has 1 saturated heterocycles. The zero-order valence-corrected chi connectivity index (χ0v) is 14.2. The van der Waals surface area contributed by atoms with Gasteiger partial charge in [-0.25, -0.2) is 8.78 Å². The van der Waals surface area contributed by atoms with Gasteiger partial charge in [0.05, 0.1) is 12.0 Å². The minimum absolute atomic E-state index is 0.359. The summed E-state index contributed by atoms with van der Waals surface area (Å²) in [5.74, 6) is -2.43. The quantitative estimate of drug-likeness (QED) is 0.867. The van der Waals surface area contributed by atoms with Gasteiger partial charge in [-0.3, -0.25) is 9.69 Å². The fourth-order valence-corrected chi connectivity index (χ4v) is 3.59. The van der Waals surface area contributed by atoms with Gasteiger partial charge in [0.2, 0.25) is 0 Å². The number of benzene rings is 2. The summed E-state index contributed by atoms with van der Waals surface area (Å²) in [4.78, 5) is 13.2. The van der Waals surface area contributed by atoms with Crippen molar-refractivity contribution >= 4 is 17.6 Å². The molecule has 3 rings (SSSR count). The number of halogens is 3. The minimum Gasteiger partial charge on any atom is -0.481 e. The van der Waals surface area contributed by atoms with Crippen LogP contribution in [0.5, 0.6) is 0 Å². The van der Waals surface area contributed by atoms with Crippen molar-refractivity contribution in [1.82, 2.24) is 4.90 Å². The molecule has 0 spiro atoms. The predicted molar refractivity (Wildman–Crippen MR) is 91.6 cm³/mol. The number of aliphatic carboxylic acids is 1. The predicted octanol–water partition coefficient (Wildman–Crippen LogP) is 4.50. The monoisotopic (exact) mass is 365 g/mol.